The van der Waals surface area contributed by atoms with Crippen molar-refractivity contribution in [2.24, 2.45) is 5.73 Å². The molecule has 0 amide bonds. The van der Waals surface area contributed by atoms with Gasteiger partial charge in [-0.25, -0.2) is 4.79 Å². The standard InChI is InChI=1S/C20H23N5O3/c1-3-28-20(26)16(14-22)12-15(13-21)19(23)25-10-8-24(9-11-25)17-4-6-18(27-2)7-5-17/h4-7,12H,3,8-11,23H2,1-2H3/b16-12-,19-15+. The van der Waals surface area contributed by atoms with Crippen molar-refractivity contribution in [1.29, 1.82) is 10.5 Å². The lowest BCUT2D eigenvalue weighted by atomic mass is 10.1. The molecule has 2 N–H and O–H groups in total. The number of nitrogens with two attached hydrogens (primary N) is 1. The molecule has 0 aliphatic carbocycles. The summed E-state index contributed by atoms with van der Waals surface area (Å²) in [5, 5.41) is 18.6. The van der Waals surface area contributed by atoms with Gasteiger partial charge in [-0.05, 0) is 37.3 Å². The Morgan fingerprint density at radius 1 is 1.18 bits per heavy atom. The molecule has 1 heterocycles. The zero-order chi connectivity index (χ0) is 20.5. The van der Waals surface area contributed by atoms with Gasteiger partial charge in [-0.1, -0.05) is 0 Å². The zero-order valence-electron chi connectivity index (χ0n) is 16.0. The van der Waals surface area contributed by atoms with E-state index in [1.807, 2.05) is 35.2 Å². The molecule has 8 nitrogen and oxygen atoms in total. The van der Waals surface area contributed by atoms with Crippen LogP contribution in [0.2, 0.25) is 0 Å². The Morgan fingerprint density at radius 2 is 1.82 bits per heavy atom. The van der Waals surface area contributed by atoms with Gasteiger partial charge in [-0.3, -0.25) is 0 Å². The lowest BCUT2D eigenvalue weighted by molar-refractivity contribution is -0.138. The number of allylic oxidation sites excluding steroid dienone is 2. The molecule has 0 spiro atoms. The molecule has 0 unspecified atom stereocenters. The Balaban J connectivity index is 2.11. The van der Waals surface area contributed by atoms with Crippen LogP contribution in [-0.2, 0) is 9.53 Å². The third kappa shape index (κ3) is 4.95. The average Bonchev–Trinajstić information content (AvgIpc) is 2.74. The third-order valence-corrected chi connectivity index (χ3v) is 4.36. The number of carbonyl (C=O) groups excluding carboxylic acids is 1. The largest absolute Gasteiger partial charge is 0.497 e. The fourth-order valence-electron chi connectivity index (χ4n) is 2.82. The van der Waals surface area contributed by atoms with Crippen molar-refractivity contribution >= 4 is 11.7 Å². The first-order valence-corrected chi connectivity index (χ1v) is 8.86. The van der Waals surface area contributed by atoms with Crippen LogP contribution in [0.15, 0.2) is 47.3 Å². The number of methoxy groups -OCH3 is 1. The highest BCUT2D eigenvalue weighted by atomic mass is 16.5. The van der Waals surface area contributed by atoms with E-state index in [0.29, 0.717) is 13.1 Å². The zero-order valence-corrected chi connectivity index (χ0v) is 16.0. The average molecular weight is 381 g/mol. The van der Waals surface area contributed by atoms with Gasteiger partial charge in [0.2, 0.25) is 0 Å². The molecule has 28 heavy (non-hydrogen) atoms. The van der Waals surface area contributed by atoms with E-state index in [1.165, 1.54) is 6.08 Å². The van der Waals surface area contributed by atoms with Gasteiger partial charge in [0.05, 0.1) is 19.3 Å². The number of rotatable bonds is 6. The first kappa shape index (κ1) is 20.7. The van der Waals surface area contributed by atoms with Crippen LogP contribution in [-0.4, -0.2) is 50.8 Å². The Hall–Kier alpha value is -3.65. The van der Waals surface area contributed by atoms with Crippen LogP contribution in [0.5, 0.6) is 5.75 Å². The van der Waals surface area contributed by atoms with Gasteiger partial charge in [-0.15, -0.1) is 0 Å². The van der Waals surface area contributed by atoms with Gasteiger partial charge >= 0.3 is 5.97 Å². The Morgan fingerprint density at radius 3 is 2.32 bits per heavy atom. The molecular weight excluding hydrogens is 358 g/mol. The van der Waals surface area contributed by atoms with Crippen molar-refractivity contribution in [1.82, 2.24) is 4.90 Å². The van der Waals surface area contributed by atoms with Crippen LogP contribution >= 0.6 is 0 Å². The van der Waals surface area contributed by atoms with Gasteiger partial charge in [-0.2, -0.15) is 10.5 Å². The first-order valence-electron chi connectivity index (χ1n) is 8.86. The van der Waals surface area contributed by atoms with Crippen molar-refractivity contribution in [2.45, 2.75) is 6.92 Å². The number of anilines is 1. The van der Waals surface area contributed by atoms with E-state index in [0.717, 1.165) is 24.5 Å². The van der Waals surface area contributed by atoms with E-state index in [4.69, 9.17) is 20.5 Å². The Bertz CT molecular complexity index is 838. The summed E-state index contributed by atoms with van der Waals surface area (Å²) in [6.07, 6.45) is 1.18. The van der Waals surface area contributed by atoms with Gasteiger partial charge < -0.3 is 25.0 Å². The summed E-state index contributed by atoms with van der Waals surface area (Å²) < 4.78 is 9.99. The fourth-order valence-corrected chi connectivity index (χ4v) is 2.82. The van der Waals surface area contributed by atoms with Crippen LogP contribution < -0.4 is 15.4 Å². The molecular formula is C20H23N5O3. The summed E-state index contributed by atoms with van der Waals surface area (Å²) in [4.78, 5) is 15.8. The van der Waals surface area contributed by atoms with E-state index in [1.54, 1.807) is 20.1 Å². The summed E-state index contributed by atoms with van der Waals surface area (Å²) in [5.74, 6) is 0.277. The molecule has 1 aromatic carbocycles. The maximum absolute atomic E-state index is 11.8. The van der Waals surface area contributed by atoms with Crippen LogP contribution in [0.1, 0.15) is 6.92 Å². The van der Waals surface area contributed by atoms with E-state index < -0.39 is 5.97 Å². The summed E-state index contributed by atoms with van der Waals surface area (Å²) in [5.41, 5.74) is 7.05. The van der Waals surface area contributed by atoms with Crippen LogP contribution in [0.25, 0.3) is 0 Å². The van der Waals surface area contributed by atoms with Crippen molar-refractivity contribution < 1.29 is 14.3 Å². The van der Waals surface area contributed by atoms with Crippen molar-refractivity contribution in [2.75, 3.05) is 44.8 Å². The minimum atomic E-state index is -0.769. The Kier molecular flexibility index (Phi) is 7.29. The number of nitriles is 2. The number of hydrogen-bond donors (Lipinski definition) is 1. The summed E-state index contributed by atoms with van der Waals surface area (Å²) in [6, 6.07) is 11.5. The maximum atomic E-state index is 11.8. The first-order chi connectivity index (χ1) is 13.5. The number of hydrogen-bond acceptors (Lipinski definition) is 8. The summed E-state index contributed by atoms with van der Waals surface area (Å²) >= 11 is 0. The molecule has 0 aromatic heterocycles. The topological polar surface area (TPSA) is 116 Å². The van der Waals surface area contributed by atoms with Crippen molar-refractivity contribution in [3.05, 3.63) is 47.3 Å². The number of esters is 1. The van der Waals surface area contributed by atoms with E-state index in [9.17, 15) is 10.1 Å². The molecule has 8 heteroatoms. The molecule has 1 aliphatic heterocycles. The minimum Gasteiger partial charge on any atom is -0.497 e. The quantitative estimate of drug-likeness (QED) is 0.341. The maximum Gasteiger partial charge on any atom is 0.348 e. The highest BCUT2D eigenvalue weighted by molar-refractivity contribution is 5.93. The minimum absolute atomic E-state index is 0.0718. The molecule has 1 saturated heterocycles. The molecule has 1 aromatic rings. The van der Waals surface area contributed by atoms with Gasteiger partial charge in [0.1, 0.15) is 29.3 Å². The van der Waals surface area contributed by atoms with Crippen molar-refractivity contribution in [3.63, 3.8) is 0 Å². The lowest BCUT2D eigenvalue weighted by Crippen LogP contribution is -2.47. The second-order valence-electron chi connectivity index (χ2n) is 5.97. The number of piperazine rings is 1. The number of ether oxygens (including phenoxy) is 2. The van der Waals surface area contributed by atoms with Gasteiger partial charge in [0.25, 0.3) is 0 Å². The Labute approximate surface area is 164 Å². The third-order valence-electron chi connectivity index (χ3n) is 4.36. The molecule has 0 bridgehead atoms. The molecule has 1 aliphatic rings. The normalized spacial score (nSPS) is 15.2. The van der Waals surface area contributed by atoms with Crippen molar-refractivity contribution in [3.8, 4) is 17.9 Å². The number of nitrogens with zero attached hydrogens (tertiary/aromatic N) is 4. The van der Waals surface area contributed by atoms with E-state index >= 15 is 0 Å². The van der Waals surface area contributed by atoms with Gasteiger partial charge in [0, 0.05) is 31.9 Å². The molecule has 0 radical (unpaired) electrons. The predicted molar refractivity (Wildman–Crippen MR) is 104 cm³/mol. The second kappa shape index (κ2) is 9.89. The van der Waals surface area contributed by atoms with Crippen LogP contribution in [0.4, 0.5) is 5.69 Å². The number of carbonyl (C=O) groups is 1. The lowest BCUT2D eigenvalue weighted by Gasteiger charge is -2.37. The van der Waals surface area contributed by atoms with E-state index in [-0.39, 0.29) is 23.6 Å². The predicted octanol–water partition coefficient (Wildman–Crippen LogP) is 1.52. The molecule has 1 fully saturated rings. The summed E-state index contributed by atoms with van der Waals surface area (Å²) in [6.45, 7) is 4.45. The van der Waals surface area contributed by atoms with Crippen LogP contribution in [0, 0.1) is 22.7 Å². The summed E-state index contributed by atoms with van der Waals surface area (Å²) in [7, 11) is 1.63. The molecule has 146 valence electrons. The fraction of sp³-hybridized carbons (Fsp3) is 0.350. The smallest absolute Gasteiger partial charge is 0.348 e. The SMILES string of the molecule is CCOC(=O)/C(C#N)=C\C(C#N)=C(\N)N1CCN(c2ccc(OC)cc2)CC1. The highest BCUT2D eigenvalue weighted by Gasteiger charge is 2.20. The molecule has 0 atom stereocenters. The number of benzene rings is 1. The second-order valence-corrected chi connectivity index (χ2v) is 5.97. The molecule has 2 rings (SSSR count). The van der Waals surface area contributed by atoms with Gasteiger partial charge in [0.15, 0.2) is 0 Å². The van der Waals surface area contributed by atoms with Crippen LogP contribution in [0.3, 0.4) is 0 Å². The molecule has 0 saturated carbocycles. The monoisotopic (exact) mass is 381 g/mol. The van der Waals surface area contributed by atoms with E-state index in [2.05, 4.69) is 4.90 Å². The highest BCUT2D eigenvalue weighted by Crippen LogP contribution is 2.21.